The largest absolute Gasteiger partial charge is 0.506 e. The van der Waals surface area contributed by atoms with Crippen LogP contribution in [0.1, 0.15) is 24.1 Å². The van der Waals surface area contributed by atoms with E-state index in [2.05, 4.69) is 34.5 Å². The highest BCUT2D eigenvalue weighted by Gasteiger charge is 2.31. The number of benzene rings is 3. The molecule has 0 unspecified atom stereocenters. The molecule has 1 heterocycles. The van der Waals surface area contributed by atoms with Gasteiger partial charge >= 0.3 is 0 Å². The lowest BCUT2D eigenvalue weighted by atomic mass is 9.98. The number of piperazine rings is 1. The fourth-order valence-corrected chi connectivity index (χ4v) is 4.30. The first kappa shape index (κ1) is 20.9. The maximum Gasteiger partial charge on any atom is 0.278 e. The molecule has 1 aliphatic rings. The molecule has 5 heteroatoms. The Hall–Kier alpha value is -3.31. The summed E-state index contributed by atoms with van der Waals surface area (Å²) >= 11 is 0. The SMILES string of the molecule is C[C@H](C(=O)NC(c1ccccc1)c1ccccc1)[NH+]1CCN(c2ccccc2O)CC1. The maximum atomic E-state index is 13.2. The molecule has 3 N–H and O–H groups in total. The van der Waals surface area contributed by atoms with Gasteiger partial charge in [-0.05, 0) is 30.2 Å². The second kappa shape index (κ2) is 9.67. The molecule has 1 aliphatic heterocycles. The van der Waals surface area contributed by atoms with Crippen LogP contribution in [0.25, 0.3) is 0 Å². The summed E-state index contributed by atoms with van der Waals surface area (Å²) in [6.07, 6.45) is 0. The van der Waals surface area contributed by atoms with E-state index in [1.807, 2.05) is 61.5 Å². The highest BCUT2D eigenvalue weighted by atomic mass is 16.3. The molecule has 0 aliphatic carbocycles. The lowest BCUT2D eigenvalue weighted by molar-refractivity contribution is -0.914. The summed E-state index contributed by atoms with van der Waals surface area (Å²) in [4.78, 5) is 16.7. The molecule has 0 radical (unpaired) electrons. The summed E-state index contributed by atoms with van der Waals surface area (Å²) < 4.78 is 0. The molecule has 1 saturated heterocycles. The van der Waals surface area contributed by atoms with E-state index in [1.165, 1.54) is 4.90 Å². The predicted molar refractivity (Wildman–Crippen MR) is 123 cm³/mol. The van der Waals surface area contributed by atoms with Crippen LogP contribution in [-0.4, -0.2) is 43.2 Å². The van der Waals surface area contributed by atoms with Gasteiger partial charge in [0.05, 0.1) is 37.9 Å². The van der Waals surface area contributed by atoms with Gasteiger partial charge in [0, 0.05) is 0 Å². The van der Waals surface area contributed by atoms with Gasteiger partial charge in [-0.15, -0.1) is 0 Å². The van der Waals surface area contributed by atoms with E-state index in [1.54, 1.807) is 6.07 Å². The number of aromatic hydroxyl groups is 1. The highest BCUT2D eigenvalue weighted by molar-refractivity contribution is 5.81. The smallest absolute Gasteiger partial charge is 0.278 e. The minimum Gasteiger partial charge on any atom is -0.506 e. The molecule has 4 rings (SSSR count). The van der Waals surface area contributed by atoms with Crippen LogP contribution >= 0.6 is 0 Å². The number of rotatable bonds is 6. The Balaban J connectivity index is 1.42. The number of para-hydroxylation sites is 2. The van der Waals surface area contributed by atoms with Gasteiger partial charge in [0.2, 0.25) is 0 Å². The number of amides is 1. The Morgan fingerprint density at radius 1 is 0.871 bits per heavy atom. The van der Waals surface area contributed by atoms with Crippen molar-refractivity contribution >= 4 is 11.6 Å². The first-order chi connectivity index (χ1) is 15.1. The van der Waals surface area contributed by atoms with Crippen LogP contribution < -0.4 is 15.1 Å². The summed E-state index contributed by atoms with van der Waals surface area (Å²) in [5.41, 5.74) is 3.02. The topological polar surface area (TPSA) is 57.0 Å². The molecule has 31 heavy (non-hydrogen) atoms. The average Bonchev–Trinajstić information content (AvgIpc) is 2.83. The molecule has 0 bridgehead atoms. The minimum atomic E-state index is -0.167. The second-order valence-electron chi connectivity index (χ2n) is 8.12. The number of hydrogen-bond donors (Lipinski definition) is 3. The van der Waals surface area contributed by atoms with Crippen molar-refractivity contribution in [1.29, 1.82) is 0 Å². The van der Waals surface area contributed by atoms with E-state index in [-0.39, 0.29) is 18.0 Å². The quantitative estimate of drug-likeness (QED) is 0.578. The van der Waals surface area contributed by atoms with Crippen molar-refractivity contribution < 1.29 is 14.8 Å². The van der Waals surface area contributed by atoms with Crippen LogP contribution in [0.15, 0.2) is 84.9 Å². The zero-order valence-electron chi connectivity index (χ0n) is 17.9. The summed E-state index contributed by atoms with van der Waals surface area (Å²) in [5, 5.41) is 13.4. The van der Waals surface area contributed by atoms with Crippen molar-refractivity contribution in [3.63, 3.8) is 0 Å². The van der Waals surface area contributed by atoms with Gasteiger partial charge in [-0.1, -0.05) is 72.8 Å². The van der Waals surface area contributed by atoms with Crippen LogP contribution in [0.5, 0.6) is 5.75 Å². The number of phenols is 1. The summed E-state index contributed by atoms with van der Waals surface area (Å²) in [6.45, 7) is 5.33. The molecular formula is C26H30N3O2+. The zero-order chi connectivity index (χ0) is 21.6. The van der Waals surface area contributed by atoms with E-state index in [4.69, 9.17) is 0 Å². The first-order valence-corrected chi connectivity index (χ1v) is 10.9. The Morgan fingerprint density at radius 2 is 1.39 bits per heavy atom. The minimum absolute atomic E-state index is 0.0590. The van der Waals surface area contributed by atoms with Crippen molar-refractivity contribution in [3.05, 3.63) is 96.1 Å². The fraction of sp³-hybridized carbons (Fsp3) is 0.269. The van der Waals surface area contributed by atoms with Gasteiger partial charge in [0.25, 0.3) is 5.91 Å². The molecular weight excluding hydrogens is 386 g/mol. The monoisotopic (exact) mass is 416 g/mol. The highest BCUT2D eigenvalue weighted by Crippen LogP contribution is 2.26. The van der Waals surface area contributed by atoms with Crippen LogP contribution in [0.3, 0.4) is 0 Å². The van der Waals surface area contributed by atoms with Gasteiger partial charge in [-0.3, -0.25) is 4.79 Å². The summed E-state index contributed by atoms with van der Waals surface area (Å²) in [7, 11) is 0. The van der Waals surface area contributed by atoms with E-state index < -0.39 is 0 Å². The Morgan fingerprint density at radius 3 is 1.94 bits per heavy atom. The molecule has 1 atom stereocenters. The Labute approximate surface area is 183 Å². The number of nitrogens with zero attached hydrogens (tertiary/aromatic N) is 1. The van der Waals surface area contributed by atoms with Gasteiger partial charge in [-0.25, -0.2) is 0 Å². The molecule has 3 aromatic rings. The Kier molecular flexibility index (Phi) is 6.53. The molecule has 1 fully saturated rings. The van der Waals surface area contributed by atoms with Crippen molar-refractivity contribution in [2.45, 2.75) is 19.0 Å². The second-order valence-corrected chi connectivity index (χ2v) is 8.12. The average molecular weight is 417 g/mol. The molecule has 5 nitrogen and oxygen atoms in total. The number of nitrogens with one attached hydrogen (secondary N) is 2. The molecule has 160 valence electrons. The van der Waals surface area contributed by atoms with Gasteiger partial charge in [-0.2, -0.15) is 0 Å². The number of carbonyl (C=O) groups excluding carboxylic acids is 1. The molecule has 0 aromatic heterocycles. The number of hydrogen-bond acceptors (Lipinski definition) is 3. The Bertz CT molecular complexity index is 946. The lowest BCUT2D eigenvalue weighted by Gasteiger charge is -2.36. The third-order valence-electron chi connectivity index (χ3n) is 6.19. The van der Waals surface area contributed by atoms with Crippen molar-refractivity contribution in [3.8, 4) is 5.75 Å². The van der Waals surface area contributed by atoms with Gasteiger partial charge in [0.15, 0.2) is 6.04 Å². The van der Waals surface area contributed by atoms with E-state index in [0.717, 1.165) is 43.0 Å². The van der Waals surface area contributed by atoms with Gasteiger partial charge < -0.3 is 20.2 Å². The number of quaternary nitrogens is 1. The van der Waals surface area contributed by atoms with E-state index >= 15 is 0 Å². The number of phenolic OH excluding ortho intramolecular Hbond substituents is 1. The third kappa shape index (κ3) is 4.89. The fourth-order valence-electron chi connectivity index (χ4n) is 4.30. The summed E-state index contributed by atoms with van der Waals surface area (Å²) in [6, 6.07) is 27.3. The first-order valence-electron chi connectivity index (χ1n) is 10.9. The molecule has 0 saturated carbocycles. The number of carbonyl (C=O) groups is 1. The molecule has 1 amide bonds. The molecule has 3 aromatic carbocycles. The van der Waals surface area contributed by atoms with Crippen molar-refractivity contribution in [2.75, 3.05) is 31.1 Å². The van der Waals surface area contributed by atoms with E-state index in [0.29, 0.717) is 5.75 Å². The van der Waals surface area contributed by atoms with Crippen LogP contribution in [0, 0.1) is 0 Å². The van der Waals surface area contributed by atoms with Crippen LogP contribution in [0.2, 0.25) is 0 Å². The number of anilines is 1. The van der Waals surface area contributed by atoms with Crippen molar-refractivity contribution in [1.82, 2.24) is 5.32 Å². The lowest BCUT2D eigenvalue weighted by Crippen LogP contribution is -3.19. The molecule has 0 spiro atoms. The maximum absolute atomic E-state index is 13.2. The van der Waals surface area contributed by atoms with Crippen LogP contribution in [0.4, 0.5) is 5.69 Å². The zero-order valence-corrected chi connectivity index (χ0v) is 17.9. The van der Waals surface area contributed by atoms with Gasteiger partial charge in [0.1, 0.15) is 5.75 Å². The summed E-state index contributed by atoms with van der Waals surface area (Å²) in [5.74, 6) is 0.369. The van der Waals surface area contributed by atoms with Crippen molar-refractivity contribution in [2.24, 2.45) is 0 Å². The standard InChI is InChI=1S/C26H29N3O2/c1-20(28-16-18-29(19-17-28)23-14-8-9-15-24(23)30)26(31)27-25(21-10-4-2-5-11-21)22-12-6-3-7-13-22/h2-15,20,25,30H,16-19H2,1H3,(H,27,31)/p+1/t20-/m1/s1. The third-order valence-corrected chi connectivity index (χ3v) is 6.19. The normalized spacial score (nSPS) is 15.6. The predicted octanol–water partition coefficient (Wildman–Crippen LogP) is 2.39. The van der Waals surface area contributed by atoms with E-state index in [9.17, 15) is 9.90 Å². The van der Waals surface area contributed by atoms with Crippen LogP contribution in [-0.2, 0) is 4.79 Å².